The van der Waals surface area contributed by atoms with Gasteiger partial charge in [-0.3, -0.25) is 9.59 Å². The van der Waals surface area contributed by atoms with Gasteiger partial charge in [0.2, 0.25) is 5.91 Å². The summed E-state index contributed by atoms with van der Waals surface area (Å²) in [4.78, 5) is 38.9. The first-order valence-electron chi connectivity index (χ1n) is 11.5. The van der Waals surface area contributed by atoms with Gasteiger partial charge in [0, 0.05) is 24.9 Å². The van der Waals surface area contributed by atoms with Crippen LogP contribution in [0.5, 0.6) is 0 Å². The Morgan fingerprint density at radius 1 is 1.15 bits per heavy atom. The van der Waals surface area contributed by atoms with E-state index in [1.54, 1.807) is 0 Å². The smallest absolute Gasteiger partial charge is 0.407 e. The zero-order valence-electron chi connectivity index (χ0n) is 19.1. The van der Waals surface area contributed by atoms with Gasteiger partial charge in [-0.25, -0.2) is 4.79 Å². The largest absolute Gasteiger partial charge is 0.481 e. The number of rotatable bonds is 7. The Kier molecular flexibility index (Phi) is 6.87. The lowest BCUT2D eigenvalue weighted by molar-refractivity contribution is -0.143. The molecule has 0 radical (unpaired) electrons. The molecule has 7 nitrogen and oxygen atoms in total. The molecular weight excluding hydrogens is 432 g/mol. The lowest BCUT2D eigenvalue weighted by Crippen LogP contribution is -2.51. The van der Waals surface area contributed by atoms with Crippen molar-refractivity contribution < 1.29 is 24.2 Å². The van der Waals surface area contributed by atoms with Crippen LogP contribution in [0.25, 0.3) is 11.1 Å². The highest BCUT2D eigenvalue weighted by Gasteiger charge is 2.42. The summed E-state index contributed by atoms with van der Waals surface area (Å²) in [7, 11) is 0. The Labute approximate surface area is 199 Å². The van der Waals surface area contributed by atoms with E-state index in [0.717, 1.165) is 22.3 Å². The molecule has 1 aliphatic carbocycles. The van der Waals surface area contributed by atoms with Crippen LogP contribution < -0.4 is 5.32 Å². The van der Waals surface area contributed by atoms with Crippen LogP contribution in [0, 0.1) is 18.3 Å². The molecule has 1 saturated heterocycles. The summed E-state index contributed by atoms with van der Waals surface area (Å²) in [6, 6.07) is 14.7. The molecule has 7 heteroatoms. The van der Waals surface area contributed by atoms with Gasteiger partial charge in [-0.2, -0.15) is 0 Å². The highest BCUT2D eigenvalue weighted by atomic mass is 16.5. The molecule has 0 saturated carbocycles. The molecule has 2 aliphatic rings. The van der Waals surface area contributed by atoms with Gasteiger partial charge in [-0.15, -0.1) is 12.3 Å². The fraction of sp³-hybridized carbons (Fsp3) is 0.370. The number of terminal acetylenes is 1. The summed E-state index contributed by atoms with van der Waals surface area (Å²) in [5.41, 5.74) is 4.44. The van der Waals surface area contributed by atoms with Crippen LogP contribution in [-0.2, 0) is 14.3 Å². The van der Waals surface area contributed by atoms with E-state index in [-0.39, 0.29) is 24.9 Å². The standard InChI is InChI=1S/C27H28N2O5/c1-3-9-23(25(30)29-15-14-21(26(31)32)24(29)4-2)28-27(33)34-16-22-19-12-7-5-10-17(19)18-11-6-8-13-20(18)22/h1,5-8,10-13,21-24H,4,9,14-16H2,2H3,(H,28,33)(H,31,32). The van der Waals surface area contributed by atoms with Gasteiger partial charge in [0.05, 0.1) is 5.92 Å². The number of amides is 2. The molecule has 3 unspecified atom stereocenters. The highest BCUT2D eigenvalue weighted by molar-refractivity contribution is 5.87. The lowest BCUT2D eigenvalue weighted by Gasteiger charge is -2.29. The van der Waals surface area contributed by atoms with Crippen LogP contribution in [0.2, 0.25) is 0 Å². The fourth-order valence-corrected chi connectivity index (χ4v) is 5.22. The molecule has 2 aromatic carbocycles. The molecule has 2 aromatic rings. The van der Waals surface area contributed by atoms with Crippen molar-refractivity contribution >= 4 is 18.0 Å². The number of carbonyl (C=O) groups is 3. The molecule has 1 heterocycles. The Hall–Kier alpha value is -3.79. The molecule has 2 amide bonds. The third-order valence-corrected chi connectivity index (χ3v) is 6.82. The molecule has 176 valence electrons. The van der Waals surface area contributed by atoms with Gasteiger partial charge in [-0.05, 0) is 35.1 Å². The van der Waals surface area contributed by atoms with Crippen molar-refractivity contribution in [2.45, 2.75) is 44.2 Å². The molecule has 34 heavy (non-hydrogen) atoms. The second-order valence-electron chi connectivity index (χ2n) is 8.67. The van der Waals surface area contributed by atoms with Crippen LogP contribution in [0.1, 0.15) is 43.2 Å². The normalized spacial score (nSPS) is 19.6. The van der Waals surface area contributed by atoms with Crippen LogP contribution in [0.4, 0.5) is 4.79 Å². The topological polar surface area (TPSA) is 95.9 Å². The number of aliphatic carboxylic acids is 1. The maximum absolute atomic E-state index is 13.2. The van der Waals surface area contributed by atoms with E-state index in [1.807, 2.05) is 43.3 Å². The van der Waals surface area contributed by atoms with Crippen LogP contribution in [-0.4, -0.2) is 53.2 Å². The van der Waals surface area contributed by atoms with E-state index in [9.17, 15) is 19.5 Å². The van der Waals surface area contributed by atoms with Crippen LogP contribution in [0.3, 0.4) is 0 Å². The van der Waals surface area contributed by atoms with E-state index in [4.69, 9.17) is 11.2 Å². The molecule has 1 aliphatic heterocycles. The number of nitrogens with one attached hydrogen (secondary N) is 1. The average molecular weight is 461 g/mol. The summed E-state index contributed by atoms with van der Waals surface area (Å²) in [6.45, 7) is 2.29. The van der Waals surface area contributed by atoms with E-state index in [1.165, 1.54) is 4.90 Å². The minimum atomic E-state index is -0.970. The summed E-state index contributed by atoms with van der Waals surface area (Å²) in [5.74, 6) is 0.430. The Bertz CT molecular complexity index is 1090. The Balaban J connectivity index is 1.43. The SMILES string of the molecule is C#CCC(NC(=O)OCC1c2ccccc2-c2ccccc21)C(=O)N1CCC(C(=O)O)C1CC. The van der Waals surface area contributed by atoms with Crippen molar-refractivity contribution in [3.63, 3.8) is 0 Å². The number of alkyl carbamates (subject to hydrolysis) is 1. The Morgan fingerprint density at radius 2 is 1.76 bits per heavy atom. The van der Waals surface area contributed by atoms with Gasteiger partial charge < -0.3 is 20.1 Å². The number of carboxylic acids is 1. The number of likely N-dealkylation sites (tertiary alicyclic amines) is 1. The van der Waals surface area contributed by atoms with Gasteiger partial charge in [-0.1, -0.05) is 55.5 Å². The average Bonchev–Trinajstić information content (AvgIpc) is 3.41. The van der Waals surface area contributed by atoms with Crippen molar-refractivity contribution in [2.24, 2.45) is 5.92 Å². The summed E-state index contributed by atoms with van der Waals surface area (Å²) in [5, 5.41) is 12.1. The third kappa shape index (κ3) is 4.36. The van der Waals surface area contributed by atoms with Crippen molar-refractivity contribution in [1.82, 2.24) is 10.2 Å². The summed E-state index contributed by atoms with van der Waals surface area (Å²) in [6.07, 6.45) is 5.62. The quantitative estimate of drug-likeness (QED) is 0.615. The molecule has 2 N–H and O–H groups in total. The molecule has 0 spiro atoms. The predicted octanol–water partition coefficient (Wildman–Crippen LogP) is 3.63. The van der Waals surface area contributed by atoms with Crippen molar-refractivity contribution in [2.75, 3.05) is 13.2 Å². The number of fused-ring (bicyclic) bond motifs is 3. The first kappa shape index (κ1) is 23.4. The summed E-state index contributed by atoms with van der Waals surface area (Å²) < 4.78 is 5.56. The number of hydrogen-bond acceptors (Lipinski definition) is 4. The monoisotopic (exact) mass is 460 g/mol. The predicted molar refractivity (Wildman–Crippen MR) is 127 cm³/mol. The minimum Gasteiger partial charge on any atom is -0.481 e. The van der Waals surface area contributed by atoms with E-state index < -0.39 is 30.1 Å². The van der Waals surface area contributed by atoms with Crippen molar-refractivity contribution in [3.05, 3.63) is 59.7 Å². The molecule has 1 fully saturated rings. The number of hydrogen-bond donors (Lipinski definition) is 2. The second kappa shape index (κ2) is 10.0. The van der Waals surface area contributed by atoms with E-state index in [0.29, 0.717) is 19.4 Å². The van der Waals surface area contributed by atoms with Crippen LogP contribution >= 0.6 is 0 Å². The highest BCUT2D eigenvalue weighted by Crippen LogP contribution is 2.44. The number of nitrogens with zero attached hydrogens (tertiary/aromatic N) is 1. The summed E-state index contributed by atoms with van der Waals surface area (Å²) >= 11 is 0. The maximum Gasteiger partial charge on any atom is 0.407 e. The van der Waals surface area contributed by atoms with Gasteiger partial charge in [0.25, 0.3) is 0 Å². The third-order valence-electron chi connectivity index (χ3n) is 6.82. The molecule has 0 bridgehead atoms. The van der Waals surface area contributed by atoms with Crippen LogP contribution in [0.15, 0.2) is 48.5 Å². The lowest BCUT2D eigenvalue weighted by atomic mass is 9.98. The molecule has 0 aromatic heterocycles. The Morgan fingerprint density at radius 3 is 2.32 bits per heavy atom. The molecular formula is C27H28N2O5. The number of benzene rings is 2. The maximum atomic E-state index is 13.2. The zero-order valence-corrected chi connectivity index (χ0v) is 19.1. The minimum absolute atomic E-state index is 0.00625. The first-order valence-corrected chi connectivity index (χ1v) is 11.5. The van der Waals surface area contributed by atoms with Gasteiger partial charge in [0.15, 0.2) is 0 Å². The first-order chi connectivity index (χ1) is 16.5. The molecule has 3 atom stereocenters. The number of carbonyl (C=O) groups excluding carboxylic acids is 2. The van der Waals surface area contributed by atoms with E-state index >= 15 is 0 Å². The number of ether oxygens (including phenoxy) is 1. The zero-order chi connectivity index (χ0) is 24.2. The number of carboxylic acid groups (broad SMARTS) is 1. The van der Waals surface area contributed by atoms with Gasteiger partial charge in [0.1, 0.15) is 12.6 Å². The van der Waals surface area contributed by atoms with Gasteiger partial charge >= 0.3 is 12.1 Å². The molecule has 4 rings (SSSR count). The van der Waals surface area contributed by atoms with E-state index in [2.05, 4.69) is 23.4 Å². The fourth-order valence-electron chi connectivity index (χ4n) is 5.22. The van der Waals surface area contributed by atoms with Crippen molar-refractivity contribution in [3.8, 4) is 23.5 Å². The second-order valence-corrected chi connectivity index (χ2v) is 8.67. The van der Waals surface area contributed by atoms with Crippen molar-refractivity contribution in [1.29, 1.82) is 0 Å².